The summed E-state index contributed by atoms with van der Waals surface area (Å²) in [4.78, 5) is 17.7. The van der Waals surface area contributed by atoms with Crippen LogP contribution in [0.2, 0.25) is 10.0 Å². The number of hydrogen-bond acceptors (Lipinski definition) is 3. The number of benzene rings is 2. The average molecular weight is 500 g/mol. The quantitative estimate of drug-likeness (QED) is 0.264. The molecule has 0 saturated carbocycles. The van der Waals surface area contributed by atoms with Gasteiger partial charge in [0.05, 0.1) is 16.1 Å². The number of aromatic amines is 1. The van der Waals surface area contributed by atoms with E-state index in [1.807, 2.05) is 12.1 Å². The Hall–Kier alpha value is -2.31. The second kappa shape index (κ2) is 11.9. The average Bonchev–Trinajstić information content (AvgIpc) is 3.26. The molecule has 1 aliphatic heterocycles. The summed E-state index contributed by atoms with van der Waals surface area (Å²) in [5, 5.41) is 15.9. The van der Waals surface area contributed by atoms with Gasteiger partial charge in [-0.25, -0.2) is 0 Å². The second-order valence-electron chi connectivity index (χ2n) is 8.91. The summed E-state index contributed by atoms with van der Waals surface area (Å²) in [6.07, 6.45) is 8.93. The monoisotopic (exact) mass is 499 g/mol. The number of aliphatic hydroxyl groups excluding tert-OH is 1. The third-order valence-corrected chi connectivity index (χ3v) is 7.25. The van der Waals surface area contributed by atoms with Gasteiger partial charge >= 0.3 is 0 Å². The number of rotatable bonds is 9. The molecule has 1 aromatic heterocycles. The largest absolute Gasteiger partial charge is 0.391 e. The highest BCUT2D eigenvalue weighted by atomic mass is 35.5. The zero-order chi connectivity index (χ0) is 23.9. The maximum absolute atomic E-state index is 12.0. The van der Waals surface area contributed by atoms with E-state index in [9.17, 15) is 9.90 Å². The molecule has 0 unspecified atom stereocenters. The number of nitrogens with zero attached hydrogens (tertiary/aromatic N) is 1. The molecule has 3 aromatic rings. The lowest BCUT2D eigenvalue weighted by Crippen LogP contribution is -2.43. The third-order valence-electron chi connectivity index (χ3n) is 6.51. The van der Waals surface area contributed by atoms with E-state index in [2.05, 4.69) is 39.6 Å². The lowest BCUT2D eigenvalue weighted by Gasteiger charge is -2.36. The van der Waals surface area contributed by atoms with Crippen LogP contribution < -0.4 is 5.32 Å². The van der Waals surface area contributed by atoms with Gasteiger partial charge in [-0.1, -0.05) is 53.9 Å². The number of aromatic nitrogens is 1. The molecule has 7 heteroatoms. The van der Waals surface area contributed by atoms with Crippen molar-refractivity contribution in [3.63, 3.8) is 0 Å². The molecule has 1 saturated heterocycles. The number of carbonyl (C=O) groups excluding carboxylic acids is 1. The molecule has 1 fully saturated rings. The molecule has 0 bridgehead atoms. The SMILES string of the molecule is O=C(/C=C/c1ccc(Cl)c(Cl)c1)NCCCCCN1CC[C@H](c2c[nH]c3ccccc23)[C@@H](O)C1. The Balaban J connectivity index is 1.12. The zero-order valence-electron chi connectivity index (χ0n) is 19.1. The van der Waals surface area contributed by atoms with E-state index in [1.54, 1.807) is 18.2 Å². The van der Waals surface area contributed by atoms with Crippen molar-refractivity contribution in [2.24, 2.45) is 0 Å². The first-order chi connectivity index (χ1) is 16.5. The second-order valence-corrected chi connectivity index (χ2v) is 9.73. The van der Waals surface area contributed by atoms with E-state index in [4.69, 9.17) is 23.2 Å². The van der Waals surface area contributed by atoms with Crippen LogP contribution in [0.3, 0.4) is 0 Å². The molecule has 34 heavy (non-hydrogen) atoms. The molecule has 2 heterocycles. The number of para-hydroxylation sites is 1. The number of likely N-dealkylation sites (tertiary alicyclic amines) is 1. The zero-order valence-corrected chi connectivity index (χ0v) is 20.7. The number of hydrogen-bond donors (Lipinski definition) is 3. The fourth-order valence-electron chi connectivity index (χ4n) is 4.66. The van der Waals surface area contributed by atoms with Gasteiger partial charge in [-0.3, -0.25) is 4.79 Å². The Kier molecular flexibility index (Phi) is 8.68. The van der Waals surface area contributed by atoms with Gasteiger partial charge in [0.2, 0.25) is 5.91 Å². The smallest absolute Gasteiger partial charge is 0.243 e. The number of aliphatic hydroxyl groups is 1. The van der Waals surface area contributed by atoms with Crippen molar-refractivity contribution < 1.29 is 9.90 Å². The molecule has 0 spiro atoms. The standard InChI is InChI=1S/C27H31Cl2N3O2/c28-23-10-8-19(16-24(23)29)9-11-27(34)30-13-4-1-5-14-32-15-12-21(26(33)18-32)22-17-31-25-7-3-2-6-20(22)25/h2-3,6-11,16-17,21,26,31,33H,1,4-5,12-15,18H2,(H,30,34)/b11-9+/t21-,26+/m1/s1. The fourth-order valence-corrected chi connectivity index (χ4v) is 4.97. The van der Waals surface area contributed by atoms with E-state index < -0.39 is 0 Å². The van der Waals surface area contributed by atoms with Gasteiger partial charge in [0.25, 0.3) is 0 Å². The molecule has 3 N–H and O–H groups in total. The lowest BCUT2D eigenvalue weighted by molar-refractivity contribution is -0.116. The molecule has 2 aromatic carbocycles. The predicted octanol–water partition coefficient (Wildman–Crippen LogP) is 5.62. The van der Waals surface area contributed by atoms with Crippen LogP contribution in [0.5, 0.6) is 0 Å². The Morgan fingerprint density at radius 1 is 1.15 bits per heavy atom. The van der Waals surface area contributed by atoms with Crippen molar-refractivity contribution >= 4 is 46.1 Å². The van der Waals surface area contributed by atoms with Gasteiger partial charge in [-0.05, 0) is 67.8 Å². The van der Waals surface area contributed by atoms with Gasteiger partial charge in [-0.15, -0.1) is 0 Å². The summed E-state index contributed by atoms with van der Waals surface area (Å²) in [6.45, 7) is 3.33. The highest BCUT2D eigenvalue weighted by molar-refractivity contribution is 6.42. The highest BCUT2D eigenvalue weighted by Gasteiger charge is 2.30. The fraction of sp³-hybridized carbons (Fsp3) is 0.370. The van der Waals surface area contributed by atoms with E-state index in [0.717, 1.165) is 49.9 Å². The number of piperidine rings is 1. The number of nitrogens with one attached hydrogen (secondary N) is 2. The lowest BCUT2D eigenvalue weighted by atomic mass is 9.87. The van der Waals surface area contributed by atoms with Crippen LogP contribution in [-0.2, 0) is 4.79 Å². The normalized spacial score (nSPS) is 19.1. The highest BCUT2D eigenvalue weighted by Crippen LogP contribution is 2.33. The minimum Gasteiger partial charge on any atom is -0.391 e. The number of H-pyrrole nitrogens is 1. The summed E-state index contributed by atoms with van der Waals surface area (Å²) in [5.41, 5.74) is 3.19. The topological polar surface area (TPSA) is 68.4 Å². The van der Waals surface area contributed by atoms with E-state index >= 15 is 0 Å². The molecule has 0 radical (unpaired) electrons. The van der Waals surface area contributed by atoms with Crippen LogP contribution in [-0.4, -0.2) is 53.2 Å². The van der Waals surface area contributed by atoms with Crippen LogP contribution in [0, 0.1) is 0 Å². The Bertz CT molecular complexity index is 1140. The molecule has 4 rings (SSSR count). The van der Waals surface area contributed by atoms with Crippen LogP contribution in [0.15, 0.2) is 54.7 Å². The number of fused-ring (bicyclic) bond motifs is 1. The van der Waals surface area contributed by atoms with Gasteiger partial charge in [0.1, 0.15) is 0 Å². The van der Waals surface area contributed by atoms with Crippen molar-refractivity contribution in [3.05, 3.63) is 75.9 Å². The first-order valence-corrected chi connectivity index (χ1v) is 12.6. The summed E-state index contributed by atoms with van der Waals surface area (Å²) < 4.78 is 0. The molecule has 5 nitrogen and oxygen atoms in total. The molecule has 0 aliphatic carbocycles. The van der Waals surface area contributed by atoms with Crippen LogP contribution >= 0.6 is 23.2 Å². The van der Waals surface area contributed by atoms with Crippen molar-refractivity contribution in [2.75, 3.05) is 26.2 Å². The van der Waals surface area contributed by atoms with E-state index in [0.29, 0.717) is 23.1 Å². The molecule has 180 valence electrons. The van der Waals surface area contributed by atoms with Gasteiger partial charge < -0.3 is 20.3 Å². The number of amides is 1. The molecule has 2 atom stereocenters. The Labute approximate surface area is 210 Å². The van der Waals surface area contributed by atoms with Crippen molar-refractivity contribution in [1.82, 2.24) is 15.2 Å². The summed E-state index contributed by atoms with van der Waals surface area (Å²) in [7, 11) is 0. The van der Waals surface area contributed by atoms with Crippen LogP contribution in [0.4, 0.5) is 0 Å². The first kappa shape index (κ1) is 24.8. The van der Waals surface area contributed by atoms with Crippen molar-refractivity contribution in [1.29, 1.82) is 0 Å². The molecular formula is C27H31Cl2N3O2. The Morgan fingerprint density at radius 2 is 2.00 bits per heavy atom. The maximum Gasteiger partial charge on any atom is 0.243 e. The number of unbranched alkanes of at least 4 members (excludes halogenated alkanes) is 2. The van der Waals surface area contributed by atoms with Gasteiger partial charge in [0, 0.05) is 42.2 Å². The molecule has 1 amide bonds. The third kappa shape index (κ3) is 6.42. The number of halogens is 2. The van der Waals surface area contributed by atoms with Crippen molar-refractivity contribution in [3.8, 4) is 0 Å². The van der Waals surface area contributed by atoms with Gasteiger partial charge in [-0.2, -0.15) is 0 Å². The first-order valence-electron chi connectivity index (χ1n) is 11.9. The van der Waals surface area contributed by atoms with Crippen molar-refractivity contribution in [2.45, 2.75) is 37.7 Å². The predicted molar refractivity (Wildman–Crippen MR) is 140 cm³/mol. The number of carbonyl (C=O) groups is 1. The minimum absolute atomic E-state index is 0.117. The van der Waals surface area contributed by atoms with Gasteiger partial charge in [0.15, 0.2) is 0 Å². The summed E-state index contributed by atoms with van der Waals surface area (Å²) >= 11 is 11.9. The summed E-state index contributed by atoms with van der Waals surface area (Å²) in [5.74, 6) is 0.0631. The molecule has 1 aliphatic rings. The van der Waals surface area contributed by atoms with E-state index in [-0.39, 0.29) is 17.9 Å². The Morgan fingerprint density at radius 3 is 2.82 bits per heavy atom. The summed E-state index contributed by atoms with van der Waals surface area (Å²) in [6, 6.07) is 13.5. The van der Waals surface area contributed by atoms with Crippen LogP contribution in [0.1, 0.15) is 42.7 Å². The minimum atomic E-state index is -0.352. The maximum atomic E-state index is 12.0. The van der Waals surface area contributed by atoms with E-state index in [1.165, 1.54) is 17.0 Å². The number of β-amino-alcohol motifs (C(OH)–C–C–N with tert-alkyl or cyclic N) is 1. The molecular weight excluding hydrogens is 469 g/mol. The van der Waals surface area contributed by atoms with Crippen LogP contribution in [0.25, 0.3) is 17.0 Å².